The number of halogens is 1. The van der Waals surface area contributed by atoms with Crippen molar-refractivity contribution in [2.75, 3.05) is 5.32 Å². The molecule has 0 spiro atoms. The van der Waals surface area contributed by atoms with Crippen LogP contribution in [0.5, 0.6) is 0 Å². The molecule has 0 saturated heterocycles. The van der Waals surface area contributed by atoms with Crippen LogP contribution in [0.1, 0.15) is 5.01 Å². The summed E-state index contributed by atoms with van der Waals surface area (Å²) in [7, 11) is 0. The fourth-order valence-corrected chi connectivity index (χ4v) is 3.21. The van der Waals surface area contributed by atoms with E-state index in [-0.39, 0.29) is 0 Å². The lowest BCUT2D eigenvalue weighted by molar-refractivity contribution is 1.36. The topological polar surface area (TPSA) is 48.7 Å². The van der Waals surface area contributed by atoms with E-state index in [1.165, 1.54) is 11.3 Å². The van der Waals surface area contributed by atoms with E-state index in [1.807, 2.05) is 60.0 Å². The van der Waals surface area contributed by atoms with Gasteiger partial charge in [-0.05, 0) is 18.2 Å². The van der Waals surface area contributed by atoms with Crippen molar-refractivity contribution in [1.29, 1.82) is 5.26 Å². The van der Waals surface area contributed by atoms with Crippen LogP contribution in [0.2, 0.25) is 0 Å². The van der Waals surface area contributed by atoms with Gasteiger partial charge in [0.05, 0.1) is 5.69 Å². The van der Waals surface area contributed by atoms with Crippen LogP contribution in [-0.4, -0.2) is 4.98 Å². The summed E-state index contributed by atoms with van der Waals surface area (Å²) in [5, 5.41) is 15.2. The number of thiazole rings is 1. The standard InChI is InChI=1S/C18H12BrN3S/c19-15-7-4-8-16(9-15)21-11-14(10-20)18-22-17(12-23-18)13-5-2-1-3-6-13/h1-9,11-12,21H/b14-11+. The van der Waals surface area contributed by atoms with Crippen molar-refractivity contribution in [3.8, 4) is 17.3 Å². The molecule has 1 N–H and O–H groups in total. The molecular weight excluding hydrogens is 370 g/mol. The molecule has 5 heteroatoms. The molecule has 0 aliphatic rings. The highest BCUT2D eigenvalue weighted by molar-refractivity contribution is 9.10. The van der Waals surface area contributed by atoms with Gasteiger partial charge >= 0.3 is 0 Å². The number of nitrogens with zero attached hydrogens (tertiary/aromatic N) is 2. The van der Waals surface area contributed by atoms with Crippen LogP contribution in [0.25, 0.3) is 16.8 Å². The molecule has 0 amide bonds. The van der Waals surface area contributed by atoms with Crippen molar-refractivity contribution in [3.63, 3.8) is 0 Å². The lowest BCUT2D eigenvalue weighted by atomic mass is 10.2. The number of hydrogen-bond acceptors (Lipinski definition) is 4. The largest absolute Gasteiger partial charge is 0.360 e. The normalized spacial score (nSPS) is 11.0. The van der Waals surface area contributed by atoms with Crippen molar-refractivity contribution in [3.05, 3.63) is 75.7 Å². The van der Waals surface area contributed by atoms with E-state index in [0.29, 0.717) is 10.6 Å². The molecule has 0 aliphatic heterocycles. The summed E-state index contributed by atoms with van der Waals surface area (Å²) in [5.74, 6) is 0. The number of nitriles is 1. The Kier molecular flexibility index (Phi) is 4.86. The Morgan fingerprint density at radius 1 is 1.17 bits per heavy atom. The smallest absolute Gasteiger partial charge is 0.136 e. The van der Waals surface area contributed by atoms with E-state index in [9.17, 15) is 5.26 Å². The summed E-state index contributed by atoms with van der Waals surface area (Å²) in [5.41, 5.74) is 3.35. The molecule has 0 atom stereocenters. The summed E-state index contributed by atoms with van der Waals surface area (Å²) in [6.45, 7) is 0. The van der Waals surface area contributed by atoms with Gasteiger partial charge in [-0.3, -0.25) is 0 Å². The van der Waals surface area contributed by atoms with Crippen molar-refractivity contribution >= 4 is 38.5 Å². The number of rotatable bonds is 4. The fraction of sp³-hybridized carbons (Fsp3) is 0. The second-order valence-corrected chi connectivity index (χ2v) is 6.50. The Balaban J connectivity index is 1.83. The maximum Gasteiger partial charge on any atom is 0.136 e. The second kappa shape index (κ2) is 7.23. The predicted octanol–water partition coefficient (Wildman–Crippen LogP) is 5.55. The third-order valence-electron chi connectivity index (χ3n) is 3.13. The second-order valence-electron chi connectivity index (χ2n) is 4.73. The minimum Gasteiger partial charge on any atom is -0.360 e. The fourth-order valence-electron chi connectivity index (χ4n) is 2.01. The quantitative estimate of drug-likeness (QED) is 0.602. The third kappa shape index (κ3) is 3.86. The van der Waals surface area contributed by atoms with Gasteiger partial charge in [0.1, 0.15) is 16.6 Å². The molecule has 0 unspecified atom stereocenters. The molecule has 3 rings (SSSR count). The lowest BCUT2D eigenvalue weighted by Crippen LogP contribution is -1.91. The molecule has 3 aromatic rings. The first kappa shape index (κ1) is 15.5. The van der Waals surface area contributed by atoms with Gasteiger partial charge in [-0.2, -0.15) is 5.26 Å². The zero-order chi connectivity index (χ0) is 16.1. The lowest BCUT2D eigenvalue weighted by Gasteiger charge is -2.01. The molecule has 1 heterocycles. The summed E-state index contributed by atoms with van der Waals surface area (Å²) in [6, 6.07) is 19.9. The van der Waals surface area contributed by atoms with Gasteiger partial charge in [0, 0.05) is 27.3 Å². The van der Waals surface area contributed by atoms with Crippen LogP contribution in [0, 0.1) is 11.3 Å². The van der Waals surface area contributed by atoms with Crippen molar-refractivity contribution in [2.45, 2.75) is 0 Å². The Bertz CT molecular complexity index is 879. The minimum absolute atomic E-state index is 0.511. The summed E-state index contributed by atoms with van der Waals surface area (Å²) < 4.78 is 0.982. The summed E-state index contributed by atoms with van der Waals surface area (Å²) >= 11 is 4.89. The average molecular weight is 382 g/mol. The molecule has 1 aromatic heterocycles. The number of hydrogen-bond donors (Lipinski definition) is 1. The molecule has 2 aromatic carbocycles. The maximum atomic E-state index is 9.39. The molecule has 0 aliphatic carbocycles. The van der Waals surface area contributed by atoms with Gasteiger partial charge < -0.3 is 5.32 Å². The first-order valence-corrected chi connectivity index (χ1v) is 8.57. The van der Waals surface area contributed by atoms with Gasteiger partial charge in [0.2, 0.25) is 0 Å². The first-order valence-electron chi connectivity index (χ1n) is 6.90. The third-order valence-corrected chi connectivity index (χ3v) is 4.50. The molecule has 0 saturated carbocycles. The first-order chi connectivity index (χ1) is 11.3. The van der Waals surface area contributed by atoms with Crippen LogP contribution in [0.3, 0.4) is 0 Å². The Hall–Kier alpha value is -2.42. The van der Waals surface area contributed by atoms with Crippen LogP contribution >= 0.6 is 27.3 Å². The Morgan fingerprint density at radius 2 is 2.00 bits per heavy atom. The molecule has 0 radical (unpaired) electrons. The number of aromatic nitrogens is 1. The summed E-state index contributed by atoms with van der Waals surface area (Å²) in [6.07, 6.45) is 1.69. The molecular formula is C18H12BrN3S. The highest BCUT2D eigenvalue weighted by Crippen LogP contribution is 2.26. The van der Waals surface area contributed by atoms with E-state index in [0.717, 1.165) is 21.4 Å². The number of allylic oxidation sites excluding steroid dienone is 1. The van der Waals surface area contributed by atoms with Gasteiger partial charge in [-0.1, -0.05) is 52.3 Å². The highest BCUT2D eigenvalue weighted by atomic mass is 79.9. The van der Waals surface area contributed by atoms with E-state index in [4.69, 9.17) is 0 Å². The van der Waals surface area contributed by atoms with Crippen molar-refractivity contribution in [2.24, 2.45) is 0 Å². The van der Waals surface area contributed by atoms with Gasteiger partial charge in [-0.15, -0.1) is 11.3 Å². The molecule has 0 fully saturated rings. The predicted molar refractivity (Wildman–Crippen MR) is 98.9 cm³/mol. The van der Waals surface area contributed by atoms with E-state index >= 15 is 0 Å². The highest BCUT2D eigenvalue weighted by Gasteiger charge is 2.08. The Labute approximate surface area is 147 Å². The van der Waals surface area contributed by atoms with Gasteiger partial charge in [0.25, 0.3) is 0 Å². The van der Waals surface area contributed by atoms with Crippen molar-refractivity contribution < 1.29 is 0 Å². The van der Waals surface area contributed by atoms with Gasteiger partial charge in [0.15, 0.2) is 0 Å². The van der Waals surface area contributed by atoms with E-state index in [2.05, 4.69) is 32.3 Å². The maximum absolute atomic E-state index is 9.39. The van der Waals surface area contributed by atoms with Crippen LogP contribution < -0.4 is 5.32 Å². The van der Waals surface area contributed by atoms with E-state index < -0.39 is 0 Å². The minimum atomic E-state index is 0.511. The number of nitrogens with one attached hydrogen (secondary N) is 1. The van der Waals surface area contributed by atoms with Crippen LogP contribution in [0.4, 0.5) is 5.69 Å². The molecule has 0 bridgehead atoms. The zero-order valence-corrected chi connectivity index (χ0v) is 14.4. The average Bonchev–Trinajstić information content (AvgIpc) is 3.06. The molecule has 3 nitrogen and oxygen atoms in total. The van der Waals surface area contributed by atoms with Crippen LogP contribution in [-0.2, 0) is 0 Å². The Morgan fingerprint density at radius 3 is 2.74 bits per heavy atom. The number of benzene rings is 2. The molecule has 23 heavy (non-hydrogen) atoms. The van der Waals surface area contributed by atoms with Crippen LogP contribution in [0.15, 0.2) is 70.7 Å². The van der Waals surface area contributed by atoms with Crippen molar-refractivity contribution in [1.82, 2.24) is 4.98 Å². The zero-order valence-electron chi connectivity index (χ0n) is 12.0. The SMILES string of the molecule is N#C/C(=C\Nc1cccc(Br)c1)c1nc(-c2ccccc2)cs1. The van der Waals surface area contributed by atoms with E-state index in [1.54, 1.807) is 6.20 Å². The number of anilines is 1. The molecule has 112 valence electrons. The summed E-state index contributed by atoms with van der Waals surface area (Å²) in [4.78, 5) is 4.56. The monoisotopic (exact) mass is 381 g/mol. The van der Waals surface area contributed by atoms with Gasteiger partial charge in [-0.25, -0.2) is 4.98 Å².